The van der Waals surface area contributed by atoms with Crippen molar-refractivity contribution in [2.75, 3.05) is 13.6 Å². The van der Waals surface area contributed by atoms with Gasteiger partial charge in [-0.25, -0.2) is 9.67 Å². The zero-order chi connectivity index (χ0) is 20.3. The van der Waals surface area contributed by atoms with Gasteiger partial charge in [0.15, 0.2) is 11.8 Å². The molecule has 0 bridgehead atoms. The molecule has 0 spiro atoms. The number of guanidine groups is 1. The van der Waals surface area contributed by atoms with E-state index in [2.05, 4.69) is 92.2 Å². The third kappa shape index (κ3) is 4.74. The zero-order valence-electron chi connectivity index (χ0n) is 17.5. The van der Waals surface area contributed by atoms with Gasteiger partial charge in [-0.15, -0.1) is 0 Å². The van der Waals surface area contributed by atoms with E-state index in [0.29, 0.717) is 12.0 Å². The largest absolute Gasteiger partial charge is 0.356 e. The van der Waals surface area contributed by atoms with Gasteiger partial charge in [-0.2, -0.15) is 5.10 Å². The van der Waals surface area contributed by atoms with E-state index in [-0.39, 0.29) is 5.41 Å². The van der Waals surface area contributed by atoms with Gasteiger partial charge in [0.25, 0.3) is 0 Å². The molecule has 0 aliphatic carbocycles. The number of halogens is 1. The summed E-state index contributed by atoms with van der Waals surface area (Å²) in [5.41, 5.74) is 1.25. The van der Waals surface area contributed by atoms with Crippen molar-refractivity contribution in [3.05, 3.63) is 46.0 Å². The Morgan fingerprint density at radius 3 is 2.79 bits per heavy atom. The Morgan fingerprint density at radius 1 is 1.36 bits per heavy atom. The molecule has 2 aromatic rings. The maximum atomic E-state index is 4.67. The molecule has 6 nitrogen and oxygen atoms in total. The van der Waals surface area contributed by atoms with Crippen LogP contribution < -0.4 is 10.6 Å². The fourth-order valence-corrected chi connectivity index (χ4v) is 4.31. The maximum absolute atomic E-state index is 4.67. The van der Waals surface area contributed by atoms with Crippen molar-refractivity contribution in [1.29, 1.82) is 0 Å². The maximum Gasteiger partial charge on any atom is 0.191 e. The smallest absolute Gasteiger partial charge is 0.191 e. The number of hydrogen-bond donors (Lipinski definition) is 2. The summed E-state index contributed by atoms with van der Waals surface area (Å²) in [6.07, 6.45) is 1.97. The Hall–Kier alpha value is -1.89. The lowest BCUT2D eigenvalue weighted by Gasteiger charge is -2.30. The lowest BCUT2D eigenvalue weighted by molar-refractivity contribution is 0.389. The van der Waals surface area contributed by atoms with Crippen LogP contribution in [0.3, 0.4) is 0 Å². The molecule has 0 saturated heterocycles. The SMILES string of the molecule is CN=C(NCC(C)(C)c1ccccc1Br)NC1CCc2nc(C(C)C)nn2C1. The molecule has 28 heavy (non-hydrogen) atoms. The number of aromatic nitrogens is 3. The quantitative estimate of drug-likeness (QED) is 0.543. The van der Waals surface area contributed by atoms with E-state index in [4.69, 9.17) is 0 Å². The van der Waals surface area contributed by atoms with Gasteiger partial charge in [-0.3, -0.25) is 4.99 Å². The molecule has 1 aliphatic heterocycles. The van der Waals surface area contributed by atoms with Gasteiger partial charge < -0.3 is 10.6 Å². The summed E-state index contributed by atoms with van der Waals surface area (Å²) in [7, 11) is 1.82. The Balaban J connectivity index is 1.60. The van der Waals surface area contributed by atoms with Crippen LogP contribution in [0.1, 0.15) is 57.2 Å². The molecule has 0 saturated carbocycles. The molecule has 0 radical (unpaired) electrons. The highest BCUT2D eigenvalue weighted by molar-refractivity contribution is 9.10. The van der Waals surface area contributed by atoms with Gasteiger partial charge in [-0.1, -0.05) is 61.8 Å². The summed E-state index contributed by atoms with van der Waals surface area (Å²) < 4.78 is 3.19. The number of hydrogen-bond acceptors (Lipinski definition) is 3. The van der Waals surface area contributed by atoms with Crippen molar-refractivity contribution >= 4 is 21.9 Å². The van der Waals surface area contributed by atoms with Gasteiger partial charge >= 0.3 is 0 Å². The number of nitrogens with one attached hydrogen (secondary N) is 2. The first-order valence-electron chi connectivity index (χ1n) is 9.96. The fourth-order valence-electron chi connectivity index (χ4n) is 3.49. The average molecular weight is 447 g/mol. The predicted octanol–water partition coefficient (Wildman–Crippen LogP) is 3.62. The first-order valence-corrected chi connectivity index (χ1v) is 10.8. The summed E-state index contributed by atoms with van der Waals surface area (Å²) in [6.45, 7) is 10.4. The van der Waals surface area contributed by atoms with Crippen LogP contribution in [0.25, 0.3) is 0 Å². The molecule has 152 valence electrons. The van der Waals surface area contributed by atoms with Crippen molar-refractivity contribution in [3.63, 3.8) is 0 Å². The van der Waals surface area contributed by atoms with Crippen molar-refractivity contribution in [2.45, 2.75) is 64.5 Å². The molecule has 1 aromatic heterocycles. The summed E-state index contributed by atoms with van der Waals surface area (Å²) >= 11 is 3.67. The number of nitrogens with zero attached hydrogens (tertiary/aromatic N) is 4. The molecule has 3 rings (SSSR count). The third-order valence-corrected chi connectivity index (χ3v) is 5.95. The van der Waals surface area contributed by atoms with Crippen LogP contribution in [0, 0.1) is 0 Å². The van der Waals surface area contributed by atoms with Crippen LogP contribution in [0.5, 0.6) is 0 Å². The Labute approximate surface area is 176 Å². The number of fused-ring (bicyclic) bond motifs is 1. The van der Waals surface area contributed by atoms with E-state index >= 15 is 0 Å². The first kappa shape index (κ1) is 20.8. The minimum absolute atomic E-state index is 0.0322. The van der Waals surface area contributed by atoms with Crippen molar-refractivity contribution in [2.24, 2.45) is 4.99 Å². The average Bonchev–Trinajstić information content (AvgIpc) is 3.09. The molecular formula is C21H31BrN6. The highest BCUT2D eigenvalue weighted by atomic mass is 79.9. The van der Waals surface area contributed by atoms with Gasteiger partial charge in [-0.05, 0) is 18.1 Å². The molecule has 2 N–H and O–H groups in total. The second kappa shape index (κ2) is 8.64. The van der Waals surface area contributed by atoms with E-state index in [9.17, 15) is 0 Å². The molecule has 1 atom stereocenters. The number of aliphatic imine (C=N–C) groups is 1. The number of aryl methyl sites for hydroxylation is 1. The highest BCUT2D eigenvalue weighted by Crippen LogP contribution is 2.29. The van der Waals surface area contributed by atoms with Gasteiger partial charge in [0.05, 0.1) is 6.54 Å². The van der Waals surface area contributed by atoms with E-state index in [1.54, 1.807) is 0 Å². The van der Waals surface area contributed by atoms with E-state index in [1.165, 1.54) is 5.56 Å². The highest BCUT2D eigenvalue weighted by Gasteiger charge is 2.25. The monoisotopic (exact) mass is 446 g/mol. The van der Waals surface area contributed by atoms with E-state index in [1.807, 2.05) is 13.1 Å². The topological polar surface area (TPSA) is 67.1 Å². The lowest BCUT2D eigenvalue weighted by Crippen LogP contribution is -2.49. The fraction of sp³-hybridized carbons (Fsp3) is 0.571. The first-order chi connectivity index (χ1) is 13.3. The molecule has 0 amide bonds. The van der Waals surface area contributed by atoms with Crippen LogP contribution in [-0.4, -0.2) is 40.4 Å². The summed E-state index contributed by atoms with van der Waals surface area (Å²) in [6, 6.07) is 8.68. The number of benzene rings is 1. The van der Waals surface area contributed by atoms with Gasteiger partial charge in [0.2, 0.25) is 0 Å². The van der Waals surface area contributed by atoms with Crippen LogP contribution >= 0.6 is 15.9 Å². The Kier molecular flexibility index (Phi) is 6.43. The molecule has 1 unspecified atom stereocenters. The molecule has 1 aliphatic rings. The minimum atomic E-state index is -0.0322. The molecule has 1 aromatic carbocycles. The summed E-state index contributed by atoms with van der Waals surface area (Å²) in [5.74, 6) is 3.23. The van der Waals surface area contributed by atoms with Gasteiger partial charge in [0.1, 0.15) is 5.82 Å². The summed E-state index contributed by atoms with van der Waals surface area (Å²) in [4.78, 5) is 9.10. The van der Waals surface area contributed by atoms with Crippen LogP contribution in [0.15, 0.2) is 33.7 Å². The molecular weight excluding hydrogens is 416 g/mol. The molecule has 0 fully saturated rings. The molecule has 7 heteroatoms. The minimum Gasteiger partial charge on any atom is -0.356 e. The van der Waals surface area contributed by atoms with Crippen molar-refractivity contribution < 1.29 is 0 Å². The number of rotatable bonds is 5. The van der Waals surface area contributed by atoms with E-state index in [0.717, 1.165) is 48.0 Å². The standard InChI is InChI=1S/C21H31BrN6/c1-14(2)19-26-18-11-10-15(12-28(18)27-19)25-20(23-5)24-13-21(3,4)16-8-6-7-9-17(16)22/h6-9,14-15H,10-13H2,1-5H3,(H2,23,24,25). The van der Waals surface area contributed by atoms with Crippen molar-refractivity contribution in [3.8, 4) is 0 Å². The summed E-state index contributed by atoms with van der Waals surface area (Å²) in [5, 5.41) is 11.7. The zero-order valence-corrected chi connectivity index (χ0v) is 19.0. The van der Waals surface area contributed by atoms with Crippen LogP contribution in [0.2, 0.25) is 0 Å². The van der Waals surface area contributed by atoms with Gasteiger partial charge in [0, 0.05) is 41.9 Å². The molecule has 2 heterocycles. The second-order valence-electron chi connectivity index (χ2n) is 8.39. The Bertz CT molecular complexity index is 839. The Morgan fingerprint density at radius 2 is 2.11 bits per heavy atom. The lowest BCUT2D eigenvalue weighted by atomic mass is 9.84. The van der Waals surface area contributed by atoms with Crippen LogP contribution in [0.4, 0.5) is 0 Å². The normalized spacial score (nSPS) is 17.5. The second-order valence-corrected chi connectivity index (χ2v) is 9.25. The third-order valence-electron chi connectivity index (χ3n) is 5.26. The predicted molar refractivity (Wildman–Crippen MR) is 118 cm³/mol. The van der Waals surface area contributed by atoms with Crippen LogP contribution in [-0.2, 0) is 18.4 Å². The van der Waals surface area contributed by atoms with E-state index < -0.39 is 0 Å². The van der Waals surface area contributed by atoms with Crippen molar-refractivity contribution in [1.82, 2.24) is 25.4 Å².